The number of nitrogens with one attached hydrogen (secondary N) is 2. The van der Waals surface area contributed by atoms with Crippen molar-refractivity contribution in [3.63, 3.8) is 0 Å². The Balaban J connectivity index is 1.40. The van der Waals surface area contributed by atoms with Gasteiger partial charge in [-0.25, -0.2) is 18.3 Å². The lowest BCUT2D eigenvalue weighted by Gasteiger charge is -2.22. The van der Waals surface area contributed by atoms with Crippen molar-refractivity contribution in [3.8, 4) is 11.3 Å². The van der Waals surface area contributed by atoms with Crippen LogP contribution in [0.15, 0.2) is 54.9 Å². The Labute approximate surface area is 226 Å². The molecule has 206 valence electrons. The highest BCUT2D eigenvalue weighted by atomic mass is 19.1. The molecule has 0 radical (unpaired) electrons. The number of aromatic nitrogens is 4. The number of hydrogen-bond acceptors (Lipinski definition) is 5. The molecule has 1 aliphatic heterocycles. The van der Waals surface area contributed by atoms with Gasteiger partial charge in [-0.3, -0.25) is 14.9 Å². The van der Waals surface area contributed by atoms with Gasteiger partial charge in [-0.1, -0.05) is 24.3 Å². The normalized spacial score (nSPS) is 21.0. The molecule has 3 aromatic rings. The summed E-state index contributed by atoms with van der Waals surface area (Å²) in [5.41, 5.74) is 2.92. The van der Waals surface area contributed by atoms with Crippen LogP contribution in [0, 0.1) is 18.6 Å². The minimum atomic E-state index is -0.638. The average molecular weight is 538 g/mol. The maximum absolute atomic E-state index is 14.1. The van der Waals surface area contributed by atoms with Gasteiger partial charge in [0.1, 0.15) is 23.1 Å². The number of likely N-dealkylation sites (tertiary alicyclic amines) is 1. The molecule has 9 nitrogen and oxygen atoms in total. The lowest BCUT2D eigenvalue weighted by molar-refractivity contribution is 0.159. The Hall–Kier alpha value is -3.83. The fourth-order valence-corrected chi connectivity index (χ4v) is 5.35. The van der Waals surface area contributed by atoms with E-state index in [4.69, 9.17) is 9.84 Å². The number of halogens is 2. The molecule has 1 aromatic carbocycles. The summed E-state index contributed by atoms with van der Waals surface area (Å²) in [5, 5.41) is 15.2. The van der Waals surface area contributed by atoms with Crippen LogP contribution in [-0.2, 0) is 11.8 Å². The zero-order chi connectivity index (χ0) is 27.5. The van der Waals surface area contributed by atoms with Gasteiger partial charge in [0.25, 0.3) is 0 Å². The van der Waals surface area contributed by atoms with Gasteiger partial charge in [0.15, 0.2) is 0 Å². The van der Waals surface area contributed by atoms with E-state index in [9.17, 15) is 13.6 Å². The van der Waals surface area contributed by atoms with Crippen LogP contribution in [0.1, 0.15) is 29.5 Å². The van der Waals surface area contributed by atoms with E-state index >= 15 is 0 Å². The lowest BCUT2D eigenvalue weighted by Crippen LogP contribution is -2.42. The van der Waals surface area contributed by atoms with E-state index in [0.29, 0.717) is 37.6 Å². The summed E-state index contributed by atoms with van der Waals surface area (Å²) < 4.78 is 36.9. The standard InChI is InChI=1S/C28H33F2N7O2/c1-18-26(20-14-31-35(2)15-20)34-37(23-7-5-4-6-8-23)27(18)33-28(38)32-25-17-36(9-10-39-3)16-24(25)19-11-21(29)13-22(30)12-19/h4-7,11-15,23-25H,8-10,16-17H2,1-3H3,(H2,32,33,38)/t23?,24-,25+/m0/s1. The number of carbonyl (C=O) groups excluding carboxylic acids is 1. The first-order valence-corrected chi connectivity index (χ1v) is 13.0. The summed E-state index contributed by atoms with van der Waals surface area (Å²) in [4.78, 5) is 15.6. The second-order valence-corrected chi connectivity index (χ2v) is 10.1. The lowest BCUT2D eigenvalue weighted by atomic mass is 9.94. The van der Waals surface area contributed by atoms with Crippen LogP contribution >= 0.6 is 0 Å². The maximum Gasteiger partial charge on any atom is 0.320 e. The molecule has 0 spiro atoms. The molecule has 3 heterocycles. The number of amides is 2. The van der Waals surface area contributed by atoms with Gasteiger partial charge in [0.05, 0.1) is 24.9 Å². The first-order chi connectivity index (χ1) is 18.8. The Morgan fingerprint density at radius 2 is 1.97 bits per heavy atom. The molecule has 1 unspecified atom stereocenters. The van der Waals surface area contributed by atoms with E-state index in [1.165, 1.54) is 12.1 Å². The van der Waals surface area contributed by atoms with E-state index in [1.54, 1.807) is 18.0 Å². The van der Waals surface area contributed by atoms with Gasteiger partial charge < -0.3 is 10.1 Å². The molecule has 11 heteroatoms. The van der Waals surface area contributed by atoms with Gasteiger partial charge in [-0.15, -0.1) is 0 Å². The van der Waals surface area contributed by atoms with Crippen molar-refractivity contribution < 1.29 is 18.3 Å². The Morgan fingerprint density at radius 3 is 2.64 bits per heavy atom. The van der Waals surface area contributed by atoms with Crippen molar-refractivity contribution in [1.29, 1.82) is 0 Å². The number of ether oxygens (including phenoxy) is 1. The van der Waals surface area contributed by atoms with Crippen LogP contribution in [0.5, 0.6) is 0 Å². The van der Waals surface area contributed by atoms with E-state index in [1.807, 2.05) is 43.1 Å². The zero-order valence-electron chi connectivity index (χ0n) is 22.3. The number of aryl methyl sites for hydroxylation is 1. The number of carbonyl (C=O) groups is 1. The van der Waals surface area contributed by atoms with Crippen molar-refractivity contribution in [3.05, 3.63) is 77.7 Å². The molecular weight excluding hydrogens is 504 g/mol. The van der Waals surface area contributed by atoms with Crippen LogP contribution in [0.2, 0.25) is 0 Å². The largest absolute Gasteiger partial charge is 0.383 e. The molecule has 2 amide bonds. The SMILES string of the molecule is COCCN1C[C@@H](NC(=O)Nc2c(C)c(-c3cnn(C)c3)nn2C2C=CC=CC2)[C@H](c2cc(F)cc(F)c2)C1. The highest BCUT2D eigenvalue weighted by Crippen LogP contribution is 2.33. The van der Waals surface area contributed by atoms with Gasteiger partial charge in [-0.05, 0) is 31.0 Å². The molecule has 1 aliphatic carbocycles. The van der Waals surface area contributed by atoms with E-state index in [0.717, 1.165) is 29.3 Å². The van der Waals surface area contributed by atoms with Gasteiger partial charge >= 0.3 is 6.03 Å². The fourth-order valence-electron chi connectivity index (χ4n) is 5.35. The van der Waals surface area contributed by atoms with E-state index < -0.39 is 17.7 Å². The smallest absolute Gasteiger partial charge is 0.320 e. The number of rotatable bonds is 8. The summed E-state index contributed by atoms with van der Waals surface area (Å²) in [5.74, 6) is -0.985. The number of allylic oxidation sites excluding steroid dienone is 4. The summed E-state index contributed by atoms with van der Waals surface area (Å²) in [6.07, 6.45) is 12.4. The van der Waals surface area contributed by atoms with Crippen molar-refractivity contribution in [2.75, 3.05) is 38.7 Å². The highest BCUT2D eigenvalue weighted by Gasteiger charge is 2.35. The van der Waals surface area contributed by atoms with Crippen LogP contribution in [0.3, 0.4) is 0 Å². The minimum absolute atomic E-state index is 0.0616. The highest BCUT2D eigenvalue weighted by molar-refractivity contribution is 5.90. The molecule has 2 aromatic heterocycles. The van der Waals surface area contributed by atoms with Crippen LogP contribution in [0.4, 0.5) is 19.4 Å². The van der Waals surface area contributed by atoms with E-state index in [2.05, 4.69) is 26.7 Å². The first-order valence-electron chi connectivity index (χ1n) is 13.0. The average Bonchev–Trinajstić information content (AvgIpc) is 3.60. The van der Waals surface area contributed by atoms with Gasteiger partial charge in [-0.2, -0.15) is 10.2 Å². The zero-order valence-corrected chi connectivity index (χ0v) is 22.3. The number of benzene rings is 1. The second-order valence-electron chi connectivity index (χ2n) is 10.1. The molecule has 1 saturated heterocycles. The number of anilines is 1. The number of nitrogens with zero attached hydrogens (tertiary/aromatic N) is 5. The summed E-state index contributed by atoms with van der Waals surface area (Å²) in [6, 6.07) is 2.69. The van der Waals surface area contributed by atoms with Crippen LogP contribution in [0.25, 0.3) is 11.3 Å². The molecule has 0 bridgehead atoms. The summed E-state index contributed by atoms with van der Waals surface area (Å²) in [6.45, 7) is 4.14. The Morgan fingerprint density at radius 1 is 1.18 bits per heavy atom. The van der Waals surface area contributed by atoms with Crippen LogP contribution < -0.4 is 10.6 Å². The van der Waals surface area contributed by atoms with Crippen molar-refractivity contribution in [2.45, 2.75) is 31.3 Å². The maximum atomic E-state index is 14.1. The van der Waals surface area contributed by atoms with Gasteiger partial charge in [0, 0.05) is 63.1 Å². The number of hydrogen-bond donors (Lipinski definition) is 2. The molecular formula is C28H33F2N7O2. The minimum Gasteiger partial charge on any atom is -0.383 e. The fraction of sp³-hybridized carbons (Fsp3) is 0.393. The summed E-state index contributed by atoms with van der Waals surface area (Å²) >= 11 is 0. The van der Waals surface area contributed by atoms with Crippen LogP contribution in [-0.4, -0.2) is 69.9 Å². The molecule has 2 N–H and O–H groups in total. The molecule has 39 heavy (non-hydrogen) atoms. The molecule has 2 aliphatic rings. The molecule has 1 fully saturated rings. The third-order valence-electron chi connectivity index (χ3n) is 7.27. The second kappa shape index (κ2) is 11.5. The van der Waals surface area contributed by atoms with Crippen molar-refractivity contribution >= 4 is 11.8 Å². The third kappa shape index (κ3) is 5.94. The van der Waals surface area contributed by atoms with Gasteiger partial charge in [0.2, 0.25) is 0 Å². The third-order valence-corrected chi connectivity index (χ3v) is 7.27. The van der Waals surface area contributed by atoms with Crippen molar-refractivity contribution in [1.82, 2.24) is 29.8 Å². The monoisotopic (exact) mass is 537 g/mol. The Bertz CT molecular complexity index is 1380. The number of urea groups is 1. The molecule has 0 saturated carbocycles. The number of methoxy groups -OCH3 is 1. The Kier molecular flexibility index (Phi) is 7.89. The first kappa shape index (κ1) is 26.8. The van der Waals surface area contributed by atoms with Crippen molar-refractivity contribution in [2.24, 2.45) is 7.05 Å². The topological polar surface area (TPSA) is 89.2 Å². The predicted molar refractivity (Wildman–Crippen MR) is 144 cm³/mol. The predicted octanol–water partition coefficient (Wildman–Crippen LogP) is 4.16. The summed E-state index contributed by atoms with van der Waals surface area (Å²) in [7, 11) is 3.47. The molecule has 5 rings (SSSR count). The molecule has 3 atom stereocenters. The quantitative estimate of drug-likeness (QED) is 0.451. The van der Waals surface area contributed by atoms with E-state index in [-0.39, 0.29) is 18.0 Å².